The Labute approximate surface area is 149 Å². The Morgan fingerprint density at radius 1 is 1.36 bits per heavy atom. The van der Waals surface area contributed by atoms with Crippen LogP contribution >= 0.6 is 0 Å². The lowest BCUT2D eigenvalue weighted by Crippen LogP contribution is -2.44. The smallest absolute Gasteiger partial charge is 0.263 e. The van der Waals surface area contributed by atoms with E-state index in [0.29, 0.717) is 13.0 Å². The second kappa shape index (κ2) is 8.47. The highest BCUT2D eigenvalue weighted by atomic mass is 32.2. The minimum Gasteiger partial charge on any atom is -0.386 e. The molecule has 0 saturated carbocycles. The van der Waals surface area contributed by atoms with Crippen molar-refractivity contribution in [3.63, 3.8) is 0 Å². The number of aryl methyl sites for hydroxylation is 1. The zero-order chi connectivity index (χ0) is 18.4. The minimum absolute atomic E-state index is 0.0398. The molecule has 1 aliphatic heterocycles. The van der Waals surface area contributed by atoms with Gasteiger partial charge in [-0.25, -0.2) is 8.42 Å². The van der Waals surface area contributed by atoms with Crippen molar-refractivity contribution in [2.45, 2.75) is 33.2 Å². The van der Waals surface area contributed by atoms with Gasteiger partial charge in [-0.1, -0.05) is 48.8 Å². The third kappa shape index (κ3) is 6.16. The van der Waals surface area contributed by atoms with Gasteiger partial charge in [0, 0.05) is 12.6 Å². The van der Waals surface area contributed by atoms with Crippen LogP contribution in [0, 0.1) is 12.8 Å². The fourth-order valence-corrected chi connectivity index (χ4v) is 4.53. The highest BCUT2D eigenvalue weighted by molar-refractivity contribution is 7.91. The summed E-state index contributed by atoms with van der Waals surface area (Å²) in [6.45, 7) is 6.33. The first-order valence-corrected chi connectivity index (χ1v) is 10.3. The number of nitrogens with zero attached hydrogens (tertiary/aromatic N) is 2. The minimum atomic E-state index is -3.04. The summed E-state index contributed by atoms with van der Waals surface area (Å²) in [7, 11) is -3.04. The average Bonchev–Trinajstić information content (AvgIpc) is 2.90. The molecule has 0 N–H and O–H groups in total. The molecule has 1 heterocycles. The third-order valence-electron chi connectivity index (χ3n) is 4.07. The molecule has 7 heteroatoms. The van der Waals surface area contributed by atoms with Crippen LogP contribution in [0.15, 0.2) is 29.4 Å². The molecule has 1 fully saturated rings. The second-order valence-electron chi connectivity index (χ2n) is 6.92. The summed E-state index contributed by atoms with van der Waals surface area (Å²) in [6.07, 6.45) is 2.05. The fourth-order valence-electron chi connectivity index (χ4n) is 2.80. The summed E-state index contributed by atoms with van der Waals surface area (Å²) in [5.41, 5.74) is 2.04. The highest BCUT2D eigenvalue weighted by Crippen LogP contribution is 2.19. The Balaban J connectivity index is 1.91. The molecule has 0 spiro atoms. The van der Waals surface area contributed by atoms with Crippen LogP contribution in [-0.2, 0) is 19.5 Å². The number of carbonyl (C=O) groups is 1. The van der Waals surface area contributed by atoms with Gasteiger partial charge < -0.3 is 9.74 Å². The van der Waals surface area contributed by atoms with Gasteiger partial charge in [-0.05, 0) is 24.8 Å². The Kier molecular flexibility index (Phi) is 6.58. The molecule has 138 valence electrons. The number of benzene rings is 1. The van der Waals surface area contributed by atoms with E-state index in [1.165, 1.54) is 0 Å². The topological polar surface area (TPSA) is 76.0 Å². The number of hydrogen-bond donors (Lipinski definition) is 0. The molecule has 0 bridgehead atoms. The van der Waals surface area contributed by atoms with Crippen LogP contribution in [0.25, 0.3) is 0 Å². The van der Waals surface area contributed by atoms with Gasteiger partial charge in [0.1, 0.15) is 0 Å². The molecule has 0 aromatic heterocycles. The number of sulfone groups is 1. The summed E-state index contributed by atoms with van der Waals surface area (Å²) < 4.78 is 23.4. The van der Waals surface area contributed by atoms with Crippen LogP contribution in [0.2, 0.25) is 0 Å². The van der Waals surface area contributed by atoms with E-state index in [9.17, 15) is 13.2 Å². The maximum atomic E-state index is 12.5. The maximum absolute atomic E-state index is 12.5. The van der Waals surface area contributed by atoms with Gasteiger partial charge in [0.15, 0.2) is 16.4 Å². The van der Waals surface area contributed by atoms with Crippen LogP contribution < -0.4 is 0 Å². The largest absolute Gasteiger partial charge is 0.386 e. The summed E-state index contributed by atoms with van der Waals surface area (Å²) >= 11 is 0. The number of carbonyl (C=O) groups excluding carboxylic acids is 1. The molecule has 0 unspecified atom stereocenters. The molecular formula is C18H26N2O4S. The lowest BCUT2D eigenvalue weighted by atomic mass is 10.1. The van der Waals surface area contributed by atoms with Crippen molar-refractivity contribution in [2.75, 3.05) is 24.7 Å². The van der Waals surface area contributed by atoms with Gasteiger partial charge in [0.2, 0.25) is 0 Å². The Morgan fingerprint density at radius 3 is 2.60 bits per heavy atom. The van der Waals surface area contributed by atoms with E-state index in [1.54, 1.807) is 11.1 Å². The Hall–Kier alpha value is -1.89. The molecule has 1 saturated heterocycles. The zero-order valence-electron chi connectivity index (χ0n) is 15.0. The first-order valence-electron chi connectivity index (χ1n) is 8.49. The monoisotopic (exact) mass is 366 g/mol. The van der Waals surface area contributed by atoms with Gasteiger partial charge in [-0.15, -0.1) is 0 Å². The van der Waals surface area contributed by atoms with Crippen molar-refractivity contribution >= 4 is 22.0 Å². The van der Waals surface area contributed by atoms with E-state index in [-0.39, 0.29) is 36.0 Å². The number of hydrogen-bond acceptors (Lipinski definition) is 5. The van der Waals surface area contributed by atoms with Crippen molar-refractivity contribution in [1.29, 1.82) is 0 Å². The average molecular weight is 366 g/mol. The van der Waals surface area contributed by atoms with Gasteiger partial charge in [-0.3, -0.25) is 4.79 Å². The lowest BCUT2D eigenvalue weighted by Gasteiger charge is -2.29. The molecule has 0 aliphatic carbocycles. The molecule has 0 radical (unpaired) electrons. The first-order chi connectivity index (χ1) is 11.8. The van der Waals surface area contributed by atoms with Gasteiger partial charge in [-0.2, -0.15) is 0 Å². The molecule has 25 heavy (non-hydrogen) atoms. The van der Waals surface area contributed by atoms with Crippen molar-refractivity contribution in [2.24, 2.45) is 11.1 Å². The number of oxime groups is 1. The van der Waals surface area contributed by atoms with Crippen molar-refractivity contribution in [1.82, 2.24) is 4.90 Å². The number of amides is 1. The van der Waals surface area contributed by atoms with Crippen molar-refractivity contribution in [3.05, 3.63) is 35.4 Å². The van der Waals surface area contributed by atoms with Crippen LogP contribution in [0.4, 0.5) is 0 Å². The zero-order valence-corrected chi connectivity index (χ0v) is 15.8. The van der Waals surface area contributed by atoms with Crippen molar-refractivity contribution in [3.8, 4) is 0 Å². The molecule has 1 amide bonds. The quantitative estimate of drug-likeness (QED) is 0.546. The summed E-state index contributed by atoms with van der Waals surface area (Å²) in [6, 6.07) is 7.51. The molecule has 1 atom stereocenters. The van der Waals surface area contributed by atoms with E-state index < -0.39 is 9.84 Å². The molecule has 1 aliphatic rings. The van der Waals surface area contributed by atoms with E-state index in [1.807, 2.05) is 45.0 Å². The molecule has 1 aromatic rings. The van der Waals surface area contributed by atoms with Gasteiger partial charge >= 0.3 is 0 Å². The molecular weight excluding hydrogens is 340 g/mol. The van der Waals surface area contributed by atoms with E-state index in [2.05, 4.69) is 5.16 Å². The van der Waals surface area contributed by atoms with Crippen molar-refractivity contribution < 1.29 is 18.0 Å². The predicted molar refractivity (Wildman–Crippen MR) is 98.3 cm³/mol. The van der Waals surface area contributed by atoms with Gasteiger partial charge in [0.25, 0.3) is 5.91 Å². The standard InChI is InChI=1S/C18H26N2O4S/c1-14(2)11-20(17-8-9-25(22,23)13-17)18(21)12-24-19-10-16-6-4-15(3)5-7-16/h4-7,10,14,17H,8-9,11-13H2,1-3H3/b19-10-/t17-/m1/s1. The number of rotatable bonds is 7. The van der Waals surface area contributed by atoms with E-state index >= 15 is 0 Å². The van der Waals surface area contributed by atoms with Crippen LogP contribution in [0.3, 0.4) is 0 Å². The summed E-state index contributed by atoms with van der Waals surface area (Å²) in [4.78, 5) is 19.2. The van der Waals surface area contributed by atoms with Crippen LogP contribution in [0.5, 0.6) is 0 Å². The van der Waals surface area contributed by atoms with E-state index in [0.717, 1.165) is 11.1 Å². The van der Waals surface area contributed by atoms with Crippen LogP contribution in [0.1, 0.15) is 31.4 Å². The maximum Gasteiger partial charge on any atom is 0.263 e. The first kappa shape index (κ1) is 19.4. The SMILES string of the molecule is Cc1ccc(/C=N\OCC(=O)N(CC(C)C)[C@@H]2CCS(=O)(=O)C2)cc1. The molecule has 1 aromatic carbocycles. The normalized spacial score (nSPS) is 19.4. The third-order valence-corrected chi connectivity index (χ3v) is 5.82. The summed E-state index contributed by atoms with van der Waals surface area (Å²) in [5, 5.41) is 3.84. The van der Waals surface area contributed by atoms with Crippen LogP contribution in [-0.4, -0.2) is 56.1 Å². The molecule has 6 nitrogen and oxygen atoms in total. The Bertz CT molecular complexity index is 711. The Morgan fingerprint density at radius 2 is 2.04 bits per heavy atom. The van der Waals surface area contributed by atoms with Gasteiger partial charge in [0.05, 0.1) is 17.7 Å². The second-order valence-corrected chi connectivity index (χ2v) is 9.14. The predicted octanol–water partition coefficient (Wildman–Crippen LogP) is 2.02. The highest BCUT2D eigenvalue weighted by Gasteiger charge is 2.34. The molecule has 2 rings (SSSR count). The summed E-state index contributed by atoms with van der Waals surface area (Å²) in [5.74, 6) is 0.213. The lowest BCUT2D eigenvalue weighted by molar-refractivity contribution is -0.138. The van der Waals surface area contributed by atoms with E-state index in [4.69, 9.17) is 4.84 Å². The fraction of sp³-hybridized carbons (Fsp3) is 0.556.